The zero-order chi connectivity index (χ0) is 15.3. The zero-order valence-corrected chi connectivity index (χ0v) is 14.4. The zero-order valence-electron chi connectivity index (χ0n) is 14.4. The van der Waals surface area contributed by atoms with Crippen molar-refractivity contribution in [2.45, 2.75) is 84.2 Å². The van der Waals surface area contributed by atoms with Crippen LogP contribution in [-0.4, -0.2) is 21.9 Å². The SMILES string of the molecule is CCCC(CNC(C)(C)C)Cc1ccn(C2CCCC2)n1. The summed E-state index contributed by atoms with van der Waals surface area (Å²) in [6.07, 6.45) is 11.2. The molecule has 0 saturated heterocycles. The first-order valence-electron chi connectivity index (χ1n) is 8.77. The average Bonchev–Trinajstić information content (AvgIpc) is 3.05. The van der Waals surface area contributed by atoms with Gasteiger partial charge in [-0.2, -0.15) is 5.10 Å². The molecule has 120 valence electrons. The van der Waals surface area contributed by atoms with Crippen LogP contribution in [0.5, 0.6) is 0 Å². The summed E-state index contributed by atoms with van der Waals surface area (Å²) >= 11 is 0. The van der Waals surface area contributed by atoms with Gasteiger partial charge in [-0.1, -0.05) is 26.2 Å². The van der Waals surface area contributed by atoms with Crippen molar-refractivity contribution in [2.75, 3.05) is 6.54 Å². The minimum atomic E-state index is 0.204. The Morgan fingerprint density at radius 1 is 1.33 bits per heavy atom. The third kappa shape index (κ3) is 5.46. The predicted octanol–water partition coefficient (Wildman–Crippen LogP) is 4.35. The number of aromatic nitrogens is 2. The predicted molar refractivity (Wildman–Crippen MR) is 89.6 cm³/mol. The number of hydrogen-bond acceptors (Lipinski definition) is 2. The Morgan fingerprint density at radius 3 is 2.67 bits per heavy atom. The molecule has 0 amide bonds. The molecule has 0 aromatic carbocycles. The Kier molecular flexibility index (Phi) is 5.86. The molecule has 1 aliphatic rings. The third-order valence-corrected chi connectivity index (χ3v) is 4.48. The lowest BCUT2D eigenvalue weighted by atomic mass is 9.96. The van der Waals surface area contributed by atoms with E-state index in [0.717, 1.165) is 13.0 Å². The van der Waals surface area contributed by atoms with E-state index in [9.17, 15) is 0 Å². The minimum Gasteiger partial charge on any atom is -0.312 e. The van der Waals surface area contributed by atoms with Gasteiger partial charge >= 0.3 is 0 Å². The molecule has 3 heteroatoms. The standard InChI is InChI=1S/C18H33N3/c1-5-8-15(14-19-18(2,3)4)13-16-11-12-21(20-16)17-9-6-7-10-17/h11-12,15,17,19H,5-10,13-14H2,1-4H3. The second kappa shape index (κ2) is 7.44. The lowest BCUT2D eigenvalue weighted by molar-refractivity contribution is 0.352. The summed E-state index contributed by atoms with van der Waals surface area (Å²) in [5.41, 5.74) is 1.48. The van der Waals surface area contributed by atoms with E-state index in [-0.39, 0.29) is 5.54 Å². The number of nitrogens with one attached hydrogen (secondary N) is 1. The highest BCUT2D eigenvalue weighted by atomic mass is 15.3. The van der Waals surface area contributed by atoms with Crippen molar-refractivity contribution in [1.29, 1.82) is 0 Å². The van der Waals surface area contributed by atoms with E-state index in [4.69, 9.17) is 5.10 Å². The van der Waals surface area contributed by atoms with Gasteiger partial charge in [-0.05, 0) is 65.0 Å². The van der Waals surface area contributed by atoms with Crippen LogP contribution in [0.1, 0.15) is 78.0 Å². The summed E-state index contributed by atoms with van der Waals surface area (Å²) in [6, 6.07) is 2.90. The van der Waals surface area contributed by atoms with Gasteiger partial charge in [-0.25, -0.2) is 0 Å². The Hall–Kier alpha value is -0.830. The van der Waals surface area contributed by atoms with Crippen molar-refractivity contribution in [3.8, 4) is 0 Å². The van der Waals surface area contributed by atoms with Gasteiger partial charge < -0.3 is 5.32 Å². The maximum atomic E-state index is 4.85. The molecule has 1 atom stereocenters. The molecule has 1 aromatic rings. The van der Waals surface area contributed by atoms with E-state index in [1.54, 1.807) is 0 Å². The van der Waals surface area contributed by atoms with Crippen LogP contribution < -0.4 is 5.32 Å². The topological polar surface area (TPSA) is 29.9 Å². The molecule has 1 saturated carbocycles. The van der Waals surface area contributed by atoms with Gasteiger partial charge in [-0.3, -0.25) is 4.68 Å². The molecular formula is C18H33N3. The van der Waals surface area contributed by atoms with Crippen LogP contribution in [0, 0.1) is 5.92 Å². The largest absolute Gasteiger partial charge is 0.312 e. The third-order valence-electron chi connectivity index (χ3n) is 4.48. The lowest BCUT2D eigenvalue weighted by Gasteiger charge is -2.25. The smallest absolute Gasteiger partial charge is 0.0627 e. The molecule has 1 fully saturated rings. The van der Waals surface area contributed by atoms with Gasteiger partial charge in [0.15, 0.2) is 0 Å². The first-order chi connectivity index (χ1) is 9.98. The Labute approximate surface area is 130 Å². The van der Waals surface area contributed by atoms with Crippen LogP contribution >= 0.6 is 0 Å². The minimum absolute atomic E-state index is 0.204. The fourth-order valence-corrected chi connectivity index (χ4v) is 3.29. The van der Waals surface area contributed by atoms with E-state index < -0.39 is 0 Å². The molecule has 0 bridgehead atoms. The Balaban J connectivity index is 1.90. The monoisotopic (exact) mass is 291 g/mol. The van der Waals surface area contributed by atoms with Gasteiger partial charge in [-0.15, -0.1) is 0 Å². The van der Waals surface area contributed by atoms with Gasteiger partial charge in [0.1, 0.15) is 0 Å². The fourth-order valence-electron chi connectivity index (χ4n) is 3.29. The van der Waals surface area contributed by atoms with Crippen molar-refractivity contribution in [1.82, 2.24) is 15.1 Å². The summed E-state index contributed by atoms with van der Waals surface area (Å²) in [5.74, 6) is 0.696. The van der Waals surface area contributed by atoms with Gasteiger partial charge in [0.25, 0.3) is 0 Å². The molecule has 1 N–H and O–H groups in total. The van der Waals surface area contributed by atoms with Crippen LogP contribution in [0.2, 0.25) is 0 Å². The first kappa shape index (κ1) is 16.5. The van der Waals surface area contributed by atoms with E-state index in [1.807, 2.05) is 0 Å². The molecular weight excluding hydrogens is 258 g/mol. The lowest BCUT2D eigenvalue weighted by Crippen LogP contribution is -2.39. The van der Waals surface area contributed by atoms with Gasteiger partial charge in [0.05, 0.1) is 11.7 Å². The van der Waals surface area contributed by atoms with Crippen molar-refractivity contribution >= 4 is 0 Å². The number of nitrogens with zero attached hydrogens (tertiary/aromatic N) is 2. The molecule has 3 nitrogen and oxygen atoms in total. The molecule has 1 aliphatic carbocycles. The maximum absolute atomic E-state index is 4.85. The van der Waals surface area contributed by atoms with Crippen LogP contribution in [0.25, 0.3) is 0 Å². The molecule has 0 radical (unpaired) electrons. The Bertz CT molecular complexity index is 410. The first-order valence-corrected chi connectivity index (χ1v) is 8.77. The molecule has 1 heterocycles. The second-order valence-electron chi connectivity index (χ2n) is 7.72. The van der Waals surface area contributed by atoms with Crippen LogP contribution in [0.3, 0.4) is 0 Å². The molecule has 21 heavy (non-hydrogen) atoms. The van der Waals surface area contributed by atoms with Crippen LogP contribution in [0.15, 0.2) is 12.3 Å². The van der Waals surface area contributed by atoms with E-state index in [0.29, 0.717) is 12.0 Å². The summed E-state index contributed by atoms with van der Waals surface area (Å²) in [4.78, 5) is 0. The van der Waals surface area contributed by atoms with E-state index in [2.05, 4.69) is 50.0 Å². The quantitative estimate of drug-likeness (QED) is 0.809. The van der Waals surface area contributed by atoms with Crippen molar-refractivity contribution in [2.24, 2.45) is 5.92 Å². The molecule has 0 aliphatic heterocycles. The summed E-state index contributed by atoms with van der Waals surface area (Å²) in [6.45, 7) is 10.1. The van der Waals surface area contributed by atoms with Crippen molar-refractivity contribution in [3.05, 3.63) is 18.0 Å². The van der Waals surface area contributed by atoms with Crippen molar-refractivity contribution in [3.63, 3.8) is 0 Å². The average molecular weight is 291 g/mol. The molecule has 2 rings (SSSR count). The highest BCUT2D eigenvalue weighted by Gasteiger charge is 2.19. The highest BCUT2D eigenvalue weighted by molar-refractivity contribution is 5.02. The molecule has 0 spiro atoms. The highest BCUT2D eigenvalue weighted by Crippen LogP contribution is 2.29. The van der Waals surface area contributed by atoms with Gasteiger partial charge in [0, 0.05) is 11.7 Å². The van der Waals surface area contributed by atoms with Crippen LogP contribution in [-0.2, 0) is 6.42 Å². The maximum Gasteiger partial charge on any atom is 0.0627 e. The number of rotatable bonds is 7. The van der Waals surface area contributed by atoms with E-state index in [1.165, 1.54) is 44.2 Å². The van der Waals surface area contributed by atoms with Crippen molar-refractivity contribution < 1.29 is 0 Å². The molecule has 1 aromatic heterocycles. The normalized spacial score (nSPS) is 18.3. The molecule has 1 unspecified atom stereocenters. The Morgan fingerprint density at radius 2 is 2.05 bits per heavy atom. The summed E-state index contributed by atoms with van der Waals surface area (Å²) in [7, 11) is 0. The van der Waals surface area contributed by atoms with E-state index >= 15 is 0 Å². The number of hydrogen-bond donors (Lipinski definition) is 1. The fraction of sp³-hybridized carbons (Fsp3) is 0.833. The van der Waals surface area contributed by atoms with Crippen LogP contribution in [0.4, 0.5) is 0 Å². The summed E-state index contributed by atoms with van der Waals surface area (Å²) < 4.78 is 2.22. The second-order valence-corrected chi connectivity index (χ2v) is 7.72. The summed E-state index contributed by atoms with van der Waals surface area (Å²) in [5, 5.41) is 8.50. The van der Waals surface area contributed by atoms with Gasteiger partial charge in [0.2, 0.25) is 0 Å².